The predicted octanol–water partition coefficient (Wildman–Crippen LogP) is 2.75. The minimum Gasteiger partial charge on any atom is -0.298 e. The molecule has 0 radical (unpaired) electrons. The Labute approximate surface area is 153 Å². The van der Waals surface area contributed by atoms with E-state index in [9.17, 15) is 18.8 Å². The van der Waals surface area contributed by atoms with Gasteiger partial charge < -0.3 is 0 Å². The van der Waals surface area contributed by atoms with Crippen molar-refractivity contribution in [3.05, 3.63) is 35.6 Å². The summed E-state index contributed by atoms with van der Waals surface area (Å²) >= 11 is 3.42. The normalized spacial score (nSPS) is 32.5. The molecule has 2 saturated carbocycles. The fourth-order valence-electron chi connectivity index (χ4n) is 4.35. The third-order valence-electron chi connectivity index (χ3n) is 6.52. The zero-order chi connectivity index (χ0) is 18.6. The van der Waals surface area contributed by atoms with Gasteiger partial charge in [-0.2, -0.15) is 0 Å². The van der Waals surface area contributed by atoms with Crippen molar-refractivity contribution in [1.82, 2.24) is 10.9 Å². The number of fused-ring (bicyclic) bond motifs is 2. The summed E-state index contributed by atoms with van der Waals surface area (Å²) in [4.78, 5) is 37.2. The maximum Gasteiger partial charge on any atom is 0.269 e. The van der Waals surface area contributed by atoms with Crippen LogP contribution in [-0.4, -0.2) is 22.4 Å². The van der Waals surface area contributed by atoms with E-state index in [1.54, 1.807) is 0 Å². The highest BCUT2D eigenvalue weighted by molar-refractivity contribution is 9.10. The lowest BCUT2D eigenvalue weighted by Gasteiger charge is -2.39. The van der Waals surface area contributed by atoms with E-state index in [1.165, 1.54) is 24.3 Å². The quantitative estimate of drug-likeness (QED) is 0.581. The van der Waals surface area contributed by atoms with E-state index in [1.807, 2.05) is 20.8 Å². The first-order chi connectivity index (χ1) is 11.6. The van der Waals surface area contributed by atoms with Gasteiger partial charge in [0.05, 0.1) is 10.2 Å². The summed E-state index contributed by atoms with van der Waals surface area (Å²) in [5.41, 5.74) is 3.02. The van der Waals surface area contributed by atoms with Gasteiger partial charge in [0.2, 0.25) is 5.91 Å². The summed E-state index contributed by atoms with van der Waals surface area (Å²) < 4.78 is 12.9. The van der Waals surface area contributed by atoms with Crippen LogP contribution in [0.3, 0.4) is 0 Å². The number of hydrogen-bond acceptors (Lipinski definition) is 3. The van der Waals surface area contributed by atoms with Crippen LogP contribution < -0.4 is 10.9 Å². The fraction of sp³-hybridized carbons (Fsp3) is 0.500. The molecule has 0 aromatic heterocycles. The van der Waals surface area contributed by atoms with Crippen LogP contribution in [0.2, 0.25) is 0 Å². The third-order valence-corrected chi connectivity index (χ3v) is 7.72. The van der Waals surface area contributed by atoms with Gasteiger partial charge in [-0.15, -0.1) is 0 Å². The number of amides is 2. The van der Waals surface area contributed by atoms with Gasteiger partial charge in [-0.3, -0.25) is 25.2 Å². The van der Waals surface area contributed by atoms with Gasteiger partial charge >= 0.3 is 0 Å². The van der Waals surface area contributed by atoms with Crippen molar-refractivity contribution in [3.63, 3.8) is 0 Å². The number of alkyl halides is 1. The molecule has 2 aliphatic rings. The zero-order valence-electron chi connectivity index (χ0n) is 14.3. The van der Waals surface area contributed by atoms with Crippen molar-refractivity contribution in [2.45, 2.75) is 38.4 Å². The summed E-state index contributed by atoms with van der Waals surface area (Å²) in [5, 5.41) is 0. The Hall–Kier alpha value is -1.76. The Balaban J connectivity index is 1.78. The second-order valence-electron chi connectivity index (χ2n) is 7.57. The fourth-order valence-corrected chi connectivity index (χ4v) is 5.87. The highest BCUT2D eigenvalue weighted by Gasteiger charge is 2.76. The van der Waals surface area contributed by atoms with Crippen molar-refractivity contribution < 1.29 is 18.8 Å². The Bertz CT molecular complexity index is 764. The highest BCUT2D eigenvalue weighted by atomic mass is 79.9. The van der Waals surface area contributed by atoms with Crippen molar-refractivity contribution in [1.29, 1.82) is 0 Å². The first kappa shape index (κ1) is 18.0. The maximum atomic E-state index is 13.0. The van der Waals surface area contributed by atoms with Gasteiger partial charge in [0.15, 0.2) is 5.78 Å². The second kappa shape index (κ2) is 5.62. The number of rotatable bonds is 2. The Morgan fingerprint density at radius 1 is 1.12 bits per heavy atom. The van der Waals surface area contributed by atoms with Crippen LogP contribution in [0.25, 0.3) is 0 Å². The number of carbonyl (C=O) groups is 3. The monoisotopic (exact) mass is 410 g/mol. The standard InChI is InChI=1S/C18H20BrFN2O3/c1-16(2)17(3)8-9-18(16,12(19)13(17)23)15(25)22-21-14(24)10-4-6-11(20)7-5-10/h4-7,12H,8-9H2,1-3H3,(H,21,24)(H,22,25). The molecule has 2 amide bonds. The number of hydrogen-bond donors (Lipinski definition) is 2. The van der Waals surface area contributed by atoms with Crippen LogP contribution in [0.15, 0.2) is 24.3 Å². The summed E-state index contributed by atoms with van der Waals surface area (Å²) in [6.07, 6.45) is 1.21. The lowest BCUT2D eigenvalue weighted by atomic mass is 9.64. The van der Waals surface area contributed by atoms with Gasteiger partial charge in [0, 0.05) is 11.0 Å². The first-order valence-corrected chi connectivity index (χ1v) is 9.04. The molecule has 3 rings (SSSR count). The average molecular weight is 411 g/mol. The number of ketones is 1. The van der Waals surface area contributed by atoms with E-state index < -0.39 is 32.8 Å². The van der Waals surface area contributed by atoms with Gasteiger partial charge in [0.1, 0.15) is 5.82 Å². The summed E-state index contributed by atoms with van der Waals surface area (Å²) in [7, 11) is 0. The molecule has 3 atom stereocenters. The summed E-state index contributed by atoms with van der Waals surface area (Å²) in [5.74, 6) is -1.34. The van der Waals surface area contributed by atoms with Crippen LogP contribution in [0, 0.1) is 22.1 Å². The van der Waals surface area contributed by atoms with E-state index in [-0.39, 0.29) is 17.3 Å². The van der Waals surface area contributed by atoms with Gasteiger partial charge in [-0.1, -0.05) is 36.7 Å². The molecule has 25 heavy (non-hydrogen) atoms. The van der Waals surface area contributed by atoms with E-state index in [2.05, 4.69) is 26.8 Å². The van der Waals surface area contributed by atoms with Crippen molar-refractivity contribution in [2.75, 3.05) is 0 Å². The lowest BCUT2D eigenvalue weighted by molar-refractivity contribution is -0.136. The number of hydrazine groups is 1. The van der Waals surface area contributed by atoms with Gasteiger partial charge in [0.25, 0.3) is 5.91 Å². The average Bonchev–Trinajstić information content (AvgIpc) is 2.85. The molecule has 1 aromatic carbocycles. The van der Waals surface area contributed by atoms with Gasteiger partial charge in [-0.25, -0.2) is 4.39 Å². The molecule has 2 fully saturated rings. The Morgan fingerprint density at radius 3 is 2.24 bits per heavy atom. The number of nitrogens with one attached hydrogen (secondary N) is 2. The Morgan fingerprint density at radius 2 is 1.72 bits per heavy atom. The number of carbonyl (C=O) groups excluding carboxylic acids is 3. The molecule has 3 unspecified atom stereocenters. The van der Waals surface area contributed by atoms with Crippen LogP contribution in [-0.2, 0) is 9.59 Å². The molecule has 2 bridgehead atoms. The summed E-state index contributed by atoms with van der Waals surface area (Å²) in [6.45, 7) is 5.77. The molecule has 0 aliphatic heterocycles. The van der Waals surface area contributed by atoms with E-state index in [0.717, 1.165) is 0 Å². The van der Waals surface area contributed by atoms with E-state index in [4.69, 9.17) is 0 Å². The van der Waals surface area contributed by atoms with Crippen molar-refractivity contribution >= 4 is 33.5 Å². The molecule has 134 valence electrons. The number of halogens is 2. The summed E-state index contributed by atoms with van der Waals surface area (Å²) in [6, 6.07) is 5.01. The SMILES string of the molecule is CC12CCC(C(=O)NNC(=O)c3ccc(F)cc3)(C(Br)C1=O)C2(C)C. The van der Waals surface area contributed by atoms with Crippen molar-refractivity contribution in [3.8, 4) is 0 Å². The first-order valence-electron chi connectivity index (χ1n) is 8.13. The molecule has 0 spiro atoms. The van der Waals surface area contributed by atoms with Crippen LogP contribution >= 0.6 is 15.9 Å². The van der Waals surface area contributed by atoms with E-state index in [0.29, 0.717) is 12.8 Å². The van der Waals surface area contributed by atoms with E-state index >= 15 is 0 Å². The van der Waals surface area contributed by atoms with Crippen molar-refractivity contribution in [2.24, 2.45) is 16.2 Å². The minimum absolute atomic E-state index is 0.0313. The van der Waals surface area contributed by atoms with Crippen LogP contribution in [0.4, 0.5) is 4.39 Å². The molecular weight excluding hydrogens is 391 g/mol. The van der Waals surface area contributed by atoms with Crippen LogP contribution in [0.1, 0.15) is 44.0 Å². The number of benzene rings is 1. The molecule has 1 aromatic rings. The van der Waals surface area contributed by atoms with Crippen LogP contribution in [0.5, 0.6) is 0 Å². The minimum atomic E-state index is -0.922. The Kier molecular flexibility index (Phi) is 4.06. The smallest absolute Gasteiger partial charge is 0.269 e. The molecule has 0 heterocycles. The molecular formula is C18H20BrFN2O3. The highest BCUT2D eigenvalue weighted by Crippen LogP contribution is 2.72. The number of Topliss-reactive ketones (excluding diaryl/α,β-unsaturated/α-hetero) is 1. The second-order valence-corrected chi connectivity index (χ2v) is 8.49. The molecule has 5 nitrogen and oxygen atoms in total. The molecule has 2 N–H and O–H groups in total. The maximum absolute atomic E-state index is 13.0. The molecule has 0 saturated heterocycles. The topological polar surface area (TPSA) is 75.3 Å². The largest absolute Gasteiger partial charge is 0.298 e. The van der Waals surface area contributed by atoms with Gasteiger partial charge in [-0.05, 0) is 42.5 Å². The molecule has 2 aliphatic carbocycles. The predicted molar refractivity (Wildman–Crippen MR) is 93.3 cm³/mol. The zero-order valence-corrected chi connectivity index (χ0v) is 15.9. The molecule has 7 heteroatoms. The lowest BCUT2D eigenvalue weighted by Crippen LogP contribution is -2.55. The third kappa shape index (κ3) is 2.21.